The highest BCUT2D eigenvalue weighted by Crippen LogP contribution is 2.44. The molecular weight excluding hydrogens is 507 g/mol. The van der Waals surface area contributed by atoms with E-state index in [1.54, 1.807) is 36.7 Å². The second-order valence-corrected chi connectivity index (χ2v) is 8.78. The van der Waals surface area contributed by atoms with Gasteiger partial charge in [0.1, 0.15) is 5.75 Å². The topological polar surface area (TPSA) is 103 Å². The van der Waals surface area contributed by atoms with E-state index in [-0.39, 0.29) is 11.5 Å². The fourth-order valence-electron chi connectivity index (χ4n) is 4.36. The van der Waals surface area contributed by atoms with Crippen molar-refractivity contribution in [1.29, 1.82) is 0 Å². The zero-order valence-corrected chi connectivity index (χ0v) is 20.9. The molecule has 0 bridgehead atoms. The first-order valence-electron chi connectivity index (χ1n) is 11.8. The highest BCUT2D eigenvalue weighted by atomic mass is 19.4. The molecule has 5 rings (SSSR count). The van der Waals surface area contributed by atoms with Gasteiger partial charge in [-0.3, -0.25) is 9.78 Å². The quantitative estimate of drug-likeness (QED) is 0.268. The van der Waals surface area contributed by atoms with E-state index in [1.807, 2.05) is 25.1 Å². The number of amides is 1. The van der Waals surface area contributed by atoms with E-state index < -0.39 is 17.6 Å². The van der Waals surface area contributed by atoms with Crippen LogP contribution in [0.2, 0.25) is 0 Å². The van der Waals surface area contributed by atoms with Crippen molar-refractivity contribution in [2.45, 2.75) is 13.1 Å². The molecule has 5 aromatic rings. The molecule has 0 spiro atoms. The molecule has 0 atom stereocenters. The molecule has 0 saturated carbocycles. The van der Waals surface area contributed by atoms with Crippen LogP contribution in [0.5, 0.6) is 5.75 Å². The third-order valence-electron chi connectivity index (χ3n) is 6.21. The zero-order chi connectivity index (χ0) is 27.7. The van der Waals surface area contributed by atoms with Gasteiger partial charge in [0.05, 0.1) is 29.4 Å². The first-order valence-corrected chi connectivity index (χ1v) is 11.8. The van der Waals surface area contributed by atoms with Crippen LogP contribution in [0.4, 0.5) is 24.8 Å². The van der Waals surface area contributed by atoms with Gasteiger partial charge in [-0.1, -0.05) is 18.2 Å². The molecule has 10 heteroatoms. The van der Waals surface area contributed by atoms with Gasteiger partial charge in [0, 0.05) is 34.6 Å². The minimum absolute atomic E-state index is 0.102. The first-order chi connectivity index (χ1) is 18.7. The van der Waals surface area contributed by atoms with Crippen molar-refractivity contribution >= 4 is 28.4 Å². The molecule has 39 heavy (non-hydrogen) atoms. The molecule has 0 unspecified atom stereocenters. The number of pyridine rings is 1. The highest BCUT2D eigenvalue weighted by Gasteiger charge is 2.31. The lowest BCUT2D eigenvalue weighted by Gasteiger charge is -2.18. The van der Waals surface area contributed by atoms with E-state index in [0.717, 1.165) is 23.3 Å². The molecule has 3 aromatic carbocycles. The number of anilines is 2. The van der Waals surface area contributed by atoms with Crippen LogP contribution in [0, 0.1) is 6.92 Å². The number of carbonyl (C=O) groups excluding carboxylic acids is 1. The van der Waals surface area contributed by atoms with Gasteiger partial charge in [-0.2, -0.15) is 13.2 Å². The van der Waals surface area contributed by atoms with Crippen molar-refractivity contribution in [2.24, 2.45) is 0 Å². The fraction of sp³-hybridized carbons (Fsp3) is 0.103. The van der Waals surface area contributed by atoms with Gasteiger partial charge < -0.3 is 15.8 Å². The number of halogens is 3. The van der Waals surface area contributed by atoms with Gasteiger partial charge in [-0.05, 0) is 66.6 Å². The van der Waals surface area contributed by atoms with E-state index in [4.69, 9.17) is 10.5 Å². The van der Waals surface area contributed by atoms with Crippen LogP contribution in [0.3, 0.4) is 0 Å². The molecule has 0 radical (unpaired) electrons. The Bertz CT molecular complexity index is 1710. The lowest BCUT2D eigenvalue weighted by atomic mass is 9.93. The monoisotopic (exact) mass is 529 g/mol. The Morgan fingerprint density at radius 1 is 0.974 bits per heavy atom. The summed E-state index contributed by atoms with van der Waals surface area (Å²) in [6.45, 7) is 1.90. The summed E-state index contributed by atoms with van der Waals surface area (Å²) < 4.78 is 45.3. The molecule has 1 amide bonds. The van der Waals surface area contributed by atoms with Crippen LogP contribution in [0.15, 0.2) is 79.1 Å². The Hall–Kier alpha value is -4.99. The number of aromatic nitrogens is 3. The summed E-state index contributed by atoms with van der Waals surface area (Å²) >= 11 is 0. The molecule has 0 aliphatic rings. The number of nitrogens with zero attached hydrogens (tertiary/aromatic N) is 3. The van der Waals surface area contributed by atoms with Gasteiger partial charge in [-0.15, -0.1) is 0 Å². The lowest BCUT2D eigenvalue weighted by Crippen LogP contribution is -2.14. The predicted molar refractivity (Wildman–Crippen MR) is 143 cm³/mol. The van der Waals surface area contributed by atoms with Gasteiger partial charge in [0.15, 0.2) is 0 Å². The number of nitrogens with one attached hydrogen (secondary N) is 1. The molecule has 2 heterocycles. The molecule has 0 aliphatic heterocycles. The van der Waals surface area contributed by atoms with Gasteiger partial charge in [-0.25, -0.2) is 9.97 Å². The van der Waals surface area contributed by atoms with Crippen molar-refractivity contribution in [3.8, 4) is 28.1 Å². The Kier molecular flexibility index (Phi) is 6.61. The summed E-state index contributed by atoms with van der Waals surface area (Å²) in [4.78, 5) is 25.9. The van der Waals surface area contributed by atoms with Crippen LogP contribution in [0.25, 0.3) is 33.3 Å². The molecule has 2 aromatic heterocycles. The van der Waals surface area contributed by atoms with Crippen LogP contribution < -0.4 is 15.8 Å². The first kappa shape index (κ1) is 25.7. The van der Waals surface area contributed by atoms with E-state index in [1.165, 1.54) is 19.2 Å². The summed E-state index contributed by atoms with van der Waals surface area (Å²) in [7, 11) is 1.54. The number of nitrogens with two attached hydrogens (primary N) is 1. The lowest BCUT2D eigenvalue weighted by molar-refractivity contribution is -0.137. The maximum Gasteiger partial charge on any atom is 0.416 e. The minimum Gasteiger partial charge on any atom is -0.495 e. The Morgan fingerprint density at radius 2 is 1.79 bits per heavy atom. The number of hydrogen-bond acceptors (Lipinski definition) is 6. The van der Waals surface area contributed by atoms with Crippen LogP contribution >= 0.6 is 0 Å². The normalized spacial score (nSPS) is 11.4. The van der Waals surface area contributed by atoms with E-state index >= 15 is 0 Å². The molecule has 0 fully saturated rings. The second kappa shape index (κ2) is 10.1. The van der Waals surface area contributed by atoms with E-state index in [9.17, 15) is 18.0 Å². The third kappa shape index (κ3) is 5.08. The summed E-state index contributed by atoms with van der Waals surface area (Å²) in [6, 6.07) is 16.8. The average molecular weight is 530 g/mol. The molecular formula is C29H22F3N5O2. The number of ether oxygens (including phenoxy) is 1. The van der Waals surface area contributed by atoms with Crippen molar-refractivity contribution in [3.05, 3.63) is 95.8 Å². The molecule has 7 nitrogen and oxygen atoms in total. The maximum atomic E-state index is 13.1. The van der Waals surface area contributed by atoms with Crippen LogP contribution in [0.1, 0.15) is 21.5 Å². The number of methoxy groups -OCH3 is 1. The summed E-state index contributed by atoms with van der Waals surface area (Å²) in [5.74, 6) is -0.0758. The van der Waals surface area contributed by atoms with Gasteiger partial charge >= 0.3 is 6.18 Å². The van der Waals surface area contributed by atoms with Crippen LogP contribution in [-0.4, -0.2) is 28.0 Å². The number of nitrogen functional groups attached to an aromatic ring is 1. The SMILES string of the molecule is COc1c(-c2cc(NC(=O)c3cccc(C(F)(F)F)c3)ccc2C)cc2cnc(N)nc2c1-c1ccccn1. The average Bonchev–Trinajstić information content (AvgIpc) is 2.93. The fourth-order valence-corrected chi connectivity index (χ4v) is 4.36. The van der Waals surface area contributed by atoms with Crippen molar-refractivity contribution < 1.29 is 22.7 Å². The Balaban J connectivity index is 1.62. The third-order valence-corrected chi connectivity index (χ3v) is 6.21. The van der Waals surface area contributed by atoms with Crippen LogP contribution in [-0.2, 0) is 6.18 Å². The zero-order valence-electron chi connectivity index (χ0n) is 20.9. The Morgan fingerprint density at radius 3 is 2.51 bits per heavy atom. The van der Waals surface area contributed by atoms with E-state index in [0.29, 0.717) is 39.2 Å². The second-order valence-electron chi connectivity index (χ2n) is 8.78. The smallest absolute Gasteiger partial charge is 0.416 e. The van der Waals surface area contributed by atoms with Crippen molar-refractivity contribution in [3.63, 3.8) is 0 Å². The van der Waals surface area contributed by atoms with Crippen molar-refractivity contribution in [1.82, 2.24) is 15.0 Å². The number of carbonyl (C=O) groups is 1. The maximum absolute atomic E-state index is 13.1. The number of fused-ring (bicyclic) bond motifs is 1. The number of hydrogen-bond donors (Lipinski definition) is 2. The molecule has 0 saturated heterocycles. The number of aryl methyl sites for hydroxylation is 1. The highest BCUT2D eigenvalue weighted by molar-refractivity contribution is 6.05. The summed E-state index contributed by atoms with van der Waals surface area (Å²) in [6.07, 6.45) is -1.28. The minimum atomic E-state index is -4.56. The summed E-state index contributed by atoms with van der Waals surface area (Å²) in [5, 5.41) is 3.40. The number of rotatable bonds is 5. The number of alkyl halides is 3. The Labute approximate surface area is 221 Å². The van der Waals surface area contributed by atoms with Crippen molar-refractivity contribution in [2.75, 3.05) is 18.2 Å². The molecule has 3 N–H and O–H groups in total. The largest absolute Gasteiger partial charge is 0.495 e. The van der Waals surface area contributed by atoms with Gasteiger partial charge in [0.2, 0.25) is 5.95 Å². The molecule has 0 aliphatic carbocycles. The molecule has 196 valence electrons. The number of benzene rings is 3. The standard InChI is InChI=1S/C29H22F3N5O2/c1-16-9-10-20(36-27(38)17-6-5-7-19(12-17)29(30,31)32)14-21(16)22-13-18-15-35-28(33)37-25(18)24(26(22)39-2)23-8-3-4-11-34-23/h3-15H,1-2H3,(H,36,38)(H2,33,35,37). The van der Waals surface area contributed by atoms with E-state index in [2.05, 4.69) is 20.3 Å². The summed E-state index contributed by atoms with van der Waals surface area (Å²) in [5.41, 5.74) is 9.37. The predicted octanol–water partition coefficient (Wildman–Crippen LogP) is 6.53. The van der Waals surface area contributed by atoms with Gasteiger partial charge in [0.25, 0.3) is 5.91 Å².